The zero-order valence-electron chi connectivity index (χ0n) is 27.0. The van der Waals surface area contributed by atoms with Gasteiger partial charge in [0.15, 0.2) is 5.65 Å². The van der Waals surface area contributed by atoms with Crippen molar-refractivity contribution in [3.05, 3.63) is 95.6 Å². The van der Waals surface area contributed by atoms with Crippen molar-refractivity contribution in [1.82, 2.24) is 34.9 Å². The van der Waals surface area contributed by atoms with Gasteiger partial charge in [0.05, 0.1) is 22.6 Å². The van der Waals surface area contributed by atoms with E-state index in [0.717, 1.165) is 11.6 Å². The SMILES string of the molecule is Nc1ncnc2c1c(-c1ccc(Oc3ccccc3)cc1)nn2[C@H]1CCN(Cc2cc(F)c3c(c2)C(=O)N(C2CCC(=O)NC2=O)C3=O)C[C@@H]1F. The second kappa shape index (κ2) is 12.7. The summed E-state index contributed by atoms with van der Waals surface area (Å²) in [6.45, 7) is 0.484. The molecule has 0 aliphatic carbocycles. The molecule has 0 bridgehead atoms. The van der Waals surface area contributed by atoms with Crippen LogP contribution in [0.5, 0.6) is 11.5 Å². The van der Waals surface area contributed by atoms with Gasteiger partial charge in [0.2, 0.25) is 11.8 Å². The molecule has 2 saturated heterocycles. The number of nitrogens with zero attached hydrogens (tertiary/aromatic N) is 6. The summed E-state index contributed by atoms with van der Waals surface area (Å²) in [7, 11) is 0. The first-order chi connectivity index (χ1) is 24.7. The van der Waals surface area contributed by atoms with Gasteiger partial charge in [-0.1, -0.05) is 18.2 Å². The highest BCUT2D eigenvalue weighted by atomic mass is 19.1. The van der Waals surface area contributed by atoms with Gasteiger partial charge < -0.3 is 10.5 Å². The highest BCUT2D eigenvalue weighted by Gasteiger charge is 2.46. The molecule has 15 heteroatoms. The Morgan fingerprint density at radius 3 is 2.45 bits per heavy atom. The summed E-state index contributed by atoms with van der Waals surface area (Å²) in [5.41, 5.74) is 7.70. The number of imide groups is 2. The number of ether oxygens (including phenoxy) is 1. The summed E-state index contributed by atoms with van der Waals surface area (Å²) in [5, 5.41) is 7.43. The number of halogens is 2. The molecule has 1 unspecified atom stereocenters. The van der Waals surface area contributed by atoms with Crippen molar-refractivity contribution in [2.24, 2.45) is 0 Å². The van der Waals surface area contributed by atoms with Crippen LogP contribution in [0, 0.1) is 5.82 Å². The van der Waals surface area contributed by atoms with Gasteiger partial charge in [-0.3, -0.25) is 34.3 Å². The number of para-hydroxylation sites is 1. The van der Waals surface area contributed by atoms with Crippen LogP contribution >= 0.6 is 0 Å². The standard InChI is InChI=1S/C36H30F2N8O5/c37-24-15-19(14-23-29(24)36(50)45(35(23)49)27-10-11-28(47)42-34(27)48)16-44-13-12-26(25(38)17-44)46-33-30(32(39)40-18-41-33)31(43-46)20-6-8-22(9-7-20)51-21-4-2-1-3-5-21/h1-9,14-15,18,25-27H,10-13,16-17H2,(H2,39,40,41)(H,42,47,48)/t25-,26-,27?/m0/s1. The maximum absolute atomic E-state index is 16.1. The Kier molecular flexibility index (Phi) is 7.98. The van der Waals surface area contributed by atoms with E-state index >= 15 is 8.78 Å². The van der Waals surface area contributed by atoms with Crippen LogP contribution in [0.3, 0.4) is 0 Å². The summed E-state index contributed by atoms with van der Waals surface area (Å²) < 4.78 is 38.9. The van der Waals surface area contributed by atoms with E-state index in [4.69, 9.17) is 15.6 Å². The number of piperidine rings is 2. The van der Waals surface area contributed by atoms with E-state index in [1.165, 1.54) is 12.4 Å². The van der Waals surface area contributed by atoms with Crippen molar-refractivity contribution < 1.29 is 32.7 Å². The summed E-state index contributed by atoms with van der Waals surface area (Å²) in [6, 6.07) is 17.3. The number of rotatable bonds is 7. The second-order valence-electron chi connectivity index (χ2n) is 12.7. The molecule has 13 nitrogen and oxygen atoms in total. The van der Waals surface area contributed by atoms with E-state index in [1.54, 1.807) is 21.7 Å². The third-order valence-electron chi connectivity index (χ3n) is 9.49. The number of nitrogens with one attached hydrogen (secondary N) is 1. The summed E-state index contributed by atoms with van der Waals surface area (Å²) in [4.78, 5) is 61.4. The van der Waals surface area contributed by atoms with Crippen LogP contribution in [0.1, 0.15) is 51.6 Å². The lowest BCUT2D eigenvalue weighted by molar-refractivity contribution is -0.136. The van der Waals surface area contributed by atoms with E-state index in [9.17, 15) is 19.2 Å². The monoisotopic (exact) mass is 692 g/mol. The normalized spacial score (nSPS) is 20.9. The van der Waals surface area contributed by atoms with Gasteiger partial charge in [-0.05, 0) is 66.9 Å². The maximum Gasteiger partial charge on any atom is 0.265 e. The minimum Gasteiger partial charge on any atom is -0.457 e. The molecule has 2 fully saturated rings. The molecule has 0 saturated carbocycles. The fourth-order valence-corrected chi connectivity index (χ4v) is 7.06. The van der Waals surface area contributed by atoms with Crippen LogP contribution in [-0.2, 0) is 16.1 Å². The number of nitrogen functional groups attached to an aromatic ring is 1. The molecule has 3 atom stereocenters. The molecule has 5 aromatic rings. The highest BCUT2D eigenvalue weighted by Crippen LogP contribution is 2.37. The van der Waals surface area contributed by atoms with Crippen molar-refractivity contribution in [2.75, 3.05) is 18.8 Å². The molecule has 0 radical (unpaired) electrons. The number of alkyl halides is 1. The minimum absolute atomic E-state index is 0.0264. The van der Waals surface area contributed by atoms with Gasteiger partial charge >= 0.3 is 0 Å². The molecule has 5 heterocycles. The van der Waals surface area contributed by atoms with Gasteiger partial charge in [0, 0.05) is 31.6 Å². The molecule has 51 heavy (non-hydrogen) atoms. The van der Waals surface area contributed by atoms with E-state index in [0.29, 0.717) is 51.7 Å². The topological polar surface area (TPSA) is 166 Å². The zero-order valence-corrected chi connectivity index (χ0v) is 27.0. The number of benzene rings is 3. The molecule has 3 N–H and O–H groups in total. The Bertz CT molecular complexity index is 2230. The summed E-state index contributed by atoms with van der Waals surface area (Å²) >= 11 is 0. The lowest BCUT2D eigenvalue weighted by atomic mass is 10.0. The van der Waals surface area contributed by atoms with Crippen molar-refractivity contribution in [2.45, 2.75) is 44.1 Å². The minimum atomic E-state index is -1.40. The lowest BCUT2D eigenvalue weighted by Gasteiger charge is -2.34. The van der Waals surface area contributed by atoms with Gasteiger partial charge in [0.1, 0.15) is 47.4 Å². The molecule has 3 aliphatic rings. The van der Waals surface area contributed by atoms with Gasteiger partial charge in [-0.15, -0.1) is 0 Å². The van der Waals surface area contributed by atoms with Crippen LogP contribution in [0.2, 0.25) is 0 Å². The van der Waals surface area contributed by atoms with Crippen molar-refractivity contribution >= 4 is 40.5 Å². The third-order valence-corrected chi connectivity index (χ3v) is 9.49. The zero-order chi connectivity index (χ0) is 35.4. The first-order valence-corrected chi connectivity index (χ1v) is 16.4. The quantitative estimate of drug-likeness (QED) is 0.236. The average Bonchev–Trinajstić information content (AvgIpc) is 3.61. The average molecular weight is 693 g/mol. The Morgan fingerprint density at radius 1 is 0.941 bits per heavy atom. The summed E-state index contributed by atoms with van der Waals surface area (Å²) in [6.07, 6.45) is 0.149. The van der Waals surface area contributed by atoms with Crippen LogP contribution in [-0.4, -0.2) is 78.5 Å². The number of carbonyl (C=O) groups is 4. The number of hydrogen-bond acceptors (Lipinski definition) is 10. The number of carbonyl (C=O) groups excluding carboxylic acids is 4. The van der Waals surface area contributed by atoms with Crippen LogP contribution in [0.15, 0.2) is 73.1 Å². The predicted octanol–water partition coefficient (Wildman–Crippen LogP) is 4.19. The Hall–Kier alpha value is -6.09. The molecular formula is C36H30F2N8O5. The summed E-state index contributed by atoms with van der Waals surface area (Å²) in [5.74, 6) is -2.40. The molecule has 258 valence electrons. The molecule has 0 spiro atoms. The van der Waals surface area contributed by atoms with E-state index < -0.39 is 53.3 Å². The fraction of sp³-hybridized carbons (Fsp3) is 0.250. The predicted molar refractivity (Wildman–Crippen MR) is 179 cm³/mol. The number of fused-ring (bicyclic) bond motifs is 2. The first-order valence-electron chi connectivity index (χ1n) is 16.4. The Balaban J connectivity index is 0.999. The van der Waals surface area contributed by atoms with E-state index in [1.807, 2.05) is 42.5 Å². The van der Waals surface area contributed by atoms with Gasteiger partial charge in [-0.2, -0.15) is 5.10 Å². The molecule has 3 aromatic carbocycles. The number of nitrogens with two attached hydrogens (primary N) is 1. The smallest absolute Gasteiger partial charge is 0.265 e. The van der Waals surface area contributed by atoms with Gasteiger partial charge in [0.25, 0.3) is 11.8 Å². The molecule has 3 aliphatic heterocycles. The van der Waals surface area contributed by atoms with Crippen LogP contribution < -0.4 is 15.8 Å². The van der Waals surface area contributed by atoms with Crippen molar-refractivity contribution in [3.63, 3.8) is 0 Å². The largest absolute Gasteiger partial charge is 0.457 e. The molecule has 8 rings (SSSR count). The molecule has 2 aromatic heterocycles. The number of likely N-dealkylation sites (tertiary alicyclic amines) is 1. The van der Waals surface area contributed by atoms with E-state index in [-0.39, 0.29) is 37.3 Å². The second-order valence-corrected chi connectivity index (χ2v) is 12.7. The lowest BCUT2D eigenvalue weighted by Crippen LogP contribution is -2.54. The Labute approximate surface area is 289 Å². The first kappa shape index (κ1) is 32.1. The van der Waals surface area contributed by atoms with Crippen molar-refractivity contribution in [3.8, 4) is 22.8 Å². The maximum atomic E-state index is 16.1. The molecular weight excluding hydrogens is 662 g/mol. The van der Waals surface area contributed by atoms with Crippen LogP contribution in [0.4, 0.5) is 14.6 Å². The number of amides is 4. The highest BCUT2D eigenvalue weighted by molar-refractivity contribution is 6.23. The van der Waals surface area contributed by atoms with Crippen LogP contribution in [0.25, 0.3) is 22.3 Å². The number of anilines is 1. The third kappa shape index (κ3) is 5.74. The fourth-order valence-electron chi connectivity index (χ4n) is 7.06. The number of aromatic nitrogens is 4. The van der Waals surface area contributed by atoms with E-state index in [2.05, 4.69) is 15.3 Å². The van der Waals surface area contributed by atoms with Gasteiger partial charge in [-0.25, -0.2) is 23.4 Å². The van der Waals surface area contributed by atoms with Crippen molar-refractivity contribution in [1.29, 1.82) is 0 Å². The Morgan fingerprint density at radius 2 is 1.71 bits per heavy atom. The number of hydrogen-bond donors (Lipinski definition) is 2. The molecule has 4 amide bonds.